The van der Waals surface area contributed by atoms with Crippen LogP contribution in [0.5, 0.6) is 5.75 Å². The number of fused-ring (bicyclic) bond motifs is 1. The molecule has 0 atom stereocenters. The zero-order chi connectivity index (χ0) is 19.6. The van der Waals surface area contributed by atoms with Crippen LogP contribution in [0, 0.1) is 20.8 Å². The summed E-state index contributed by atoms with van der Waals surface area (Å²) >= 11 is 3.47. The fourth-order valence-corrected chi connectivity index (χ4v) is 3.87. The van der Waals surface area contributed by atoms with Crippen LogP contribution < -0.4 is 16.1 Å². The minimum atomic E-state index is -0.632. The Morgan fingerprint density at radius 2 is 1.89 bits per heavy atom. The van der Waals surface area contributed by atoms with Gasteiger partial charge in [-0.1, -0.05) is 12.1 Å². The molecular formula is C21H22BrNO4. The van der Waals surface area contributed by atoms with Crippen LogP contribution in [0.2, 0.25) is 0 Å². The molecule has 142 valence electrons. The van der Waals surface area contributed by atoms with Crippen molar-refractivity contribution in [2.24, 2.45) is 0 Å². The molecule has 3 rings (SSSR count). The van der Waals surface area contributed by atoms with Crippen LogP contribution in [0.3, 0.4) is 0 Å². The number of unbranched alkanes of at least 4 members (excludes halogenated alkanes) is 1. The van der Waals surface area contributed by atoms with E-state index in [1.807, 2.05) is 32.0 Å². The molecule has 1 heterocycles. The zero-order valence-corrected chi connectivity index (χ0v) is 17.3. The van der Waals surface area contributed by atoms with E-state index in [0.717, 1.165) is 29.7 Å². The van der Waals surface area contributed by atoms with Crippen LogP contribution in [-0.2, 0) is 6.54 Å². The molecular weight excluding hydrogens is 410 g/mol. The van der Waals surface area contributed by atoms with Crippen LogP contribution in [-0.4, -0.2) is 11.2 Å². The Bertz CT molecular complexity index is 1100. The van der Waals surface area contributed by atoms with Gasteiger partial charge in [-0.2, -0.15) is 0 Å². The van der Waals surface area contributed by atoms with Crippen molar-refractivity contribution in [2.45, 2.75) is 40.2 Å². The van der Waals surface area contributed by atoms with Crippen LogP contribution in [0.25, 0.3) is 10.9 Å². The molecule has 0 saturated carbocycles. The van der Waals surface area contributed by atoms with Crippen molar-refractivity contribution in [3.8, 4) is 5.75 Å². The Morgan fingerprint density at radius 3 is 2.67 bits per heavy atom. The molecule has 0 aliphatic carbocycles. The Balaban J connectivity index is 1.71. The highest BCUT2D eigenvalue weighted by molar-refractivity contribution is 9.10. The Hall–Kier alpha value is -2.34. The summed E-state index contributed by atoms with van der Waals surface area (Å²) in [6, 6.07) is 9.63. The second kappa shape index (κ2) is 8.13. The first-order chi connectivity index (χ1) is 12.9. The summed E-state index contributed by atoms with van der Waals surface area (Å²) in [5.74, 6) is 0.258. The number of aromatic nitrogens is 1. The van der Waals surface area contributed by atoms with Crippen molar-refractivity contribution in [3.63, 3.8) is 0 Å². The molecule has 0 bridgehead atoms. The average molecular weight is 432 g/mol. The van der Waals surface area contributed by atoms with Crippen molar-refractivity contribution in [3.05, 3.63) is 72.5 Å². The molecule has 0 fully saturated rings. The van der Waals surface area contributed by atoms with Crippen LogP contribution in [0.1, 0.15) is 29.5 Å². The average Bonchev–Trinajstić information content (AvgIpc) is 2.61. The lowest BCUT2D eigenvalue weighted by Crippen LogP contribution is -2.25. The molecule has 0 amide bonds. The van der Waals surface area contributed by atoms with Crippen molar-refractivity contribution < 1.29 is 9.15 Å². The minimum Gasteiger partial charge on any atom is -0.493 e. The first-order valence-corrected chi connectivity index (χ1v) is 9.70. The number of hydrogen-bond acceptors (Lipinski definition) is 4. The van der Waals surface area contributed by atoms with E-state index < -0.39 is 11.4 Å². The van der Waals surface area contributed by atoms with E-state index in [1.54, 1.807) is 6.07 Å². The van der Waals surface area contributed by atoms with Gasteiger partial charge in [0.1, 0.15) is 5.75 Å². The van der Waals surface area contributed by atoms with Crippen LogP contribution in [0.15, 0.2) is 48.8 Å². The summed E-state index contributed by atoms with van der Waals surface area (Å²) < 4.78 is 13.0. The quantitative estimate of drug-likeness (QED) is 0.538. The van der Waals surface area contributed by atoms with Crippen molar-refractivity contribution >= 4 is 26.8 Å². The molecule has 2 aromatic carbocycles. The second-order valence-electron chi connectivity index (χ2n) is 6.70. The Labute approximate surface area is 165 Å². The predicted molar refractivity (Wildman–Crippen MR) is 110 cm³/mol. The molecule has 0 N–H and O–H groups in total. The lowest BCUT2D eigenvalue weighted by Gasteiger charge is -2.12. The lowest BCUT2D eigenvalue weighted by atomic mass is 10.1. The number of ether oxygens (including phenoxy) is 1. The van der Waals surface area contributed by atoms with Crippen molar-refractivity contribution in [1.29, 1.82) is 0 Å². The molecule has 1 aromatic heterocycles. The molecule has 27 heavy (non-hydrogen) atoms. The third kappa shape index (κ3) is 4.16. The third-order valence-electron chi connectivity index (χ3n) is 4.69. The topological polar surface area (TPSA) is 61.4 Å². The summed E-state index contributed by atoms with van der Waals surface area (Å²) in [6.45, 7) is 7.01. The maximum Gasteiger partial charge on any atom is 0.422 e. The number of halogens is 1. The maximum absolute atomic E-state index is 12.2. The number of rotatable bonds is 6. The summed E-state index contributed by atoms with van der Waals surface area (Å²) in [5, 5.41) is 0.410. The van der Waals surface area contributed by atoms with Crippen molar-refractivity contribution in [2.75, 3.05) is 6.61 Å². The predicted octanol–water partition coefficient (Wildman–Crippen LogP) is 4.50. The number of nitrogens with zero attached hydrogens (tertiary/aromatic N) is 1. The van der Waals surface area contributed by atoms with Gasteiger partial charge in [0.2, 0.25) is 0 Å². The standard InChI is InChI=1S/C21H22BrNO4/c1-13-11-16-19(17(22)12-13)23(21(25)27-20(16)24)9-4-5-10-26-18-8-6-7-14(2)15(18)3/h6-8,11-12H,4-5,9-10H2,1-3H3. The monoisotopic (exact) mass is 431 g/mol. The molecule has 0 aliphatic heterocycles. The van der Waals surface area contributed by atoms with Gasteiger partial charge in [-0.15, -0.1) is 0 Å². The maximum atomic E-state index is 12.2. The smallest absolute Gasteiger partial charge is 0.422 e. The van der Waals surface area contributed by atoms with E-state index in [0.29, 0.717) is 28.5 Å². The Kier molecular flexibility index (Phi) is 5.85. The molecule has 5 nitrogen and oxygen atoms in total. The summed E-state index contributed by atoms with van der Waals surface area (Å²) in [4.78, 5) is 24.2. The fourth-order valence-electron chi connectivity index (χ4n) is 3.08. The van der Waals surface area contributed by atoms with Gasteiger partial charge in [0, 0.05) is 11.0 Å². The summed E-state index contributed by atoms with van der Waals surface area (Å²) in [7, 11) is 0. The highest BCUT2D eigenvalue weighted by atomic mass is 79.9. The van der Waals surface area contributed by atoms with E-state index in [2.05, 4.69) is 28.9 Å². The van der Waals surface area contributed by atoms with Crippen LogP contribution in [0.4, 0.5) is 0 Å². The van der Waals surface area contributed by atoms with Gasteiger partial charge in [-0.3, -0.25) is 4.57 Å². The molecule has 0 saturated heterocycles. The summed E-state index contributed by atoms with van der Waals surface area (Å²) in [6.07, 6.45) is 1.51. The molecule has 0 radical (unpaired) electrons. The normalized spacial score (nSPS) is 11.1. The molecule has 6 heteroatoms. The minimum absolute atomic E-state index is 0.410. The largest absolute Gasteiger partial charge is 0.493 e. The number of benzene rings is 2. The Morgan fingerprint density at radius 1 is 1.11 bits per heavy atom. The first kappa shape index (κ1) is 19.4. The van der Waals surface area contributed by atoms with Gasteiger partial charge >= 0.3 is 11.4 Å². The number of aryl methyl sites for hydroxylation is 3. The van der Waals surface area contributed by atoms with E-state index in [-0.39, 0.29) is 0 Å². The fraction of sp³-hybridized carbons (Fsp3) is 0.333. The first-order valence-electron chi connectivity index (χ1n) is 8.91. The summed E-state index contributed by atoms with van der Waals surface area (Å²) in [5.41, 5.74) is 3.24. The van der Waals surface area contributed by atoms with Gasteiger partial charge in [0.25, 0.3) is 0 Å². The molecule has 3 aromatic rings. The van der Waals surface area contributed by atoms with Gasteiger partial charge in [0.05, 0.1) is 17.5 Å². The zero-order valence-electron chi connectivity index (χ0n) is 15.7. The van der Waals surface area contributed by atoms with E-state index >= 15 is 0 Å². The van der Waals surface area contributed by atoms with E-state index in [4.69, 9.17) is 9.15 Å². The SMILES string of the molecule is Cc1cc(Br)c2c(c1)c(=O)oc(=O)n2CCCCOc1cccc(C)c1C. The van der Waals surface area contributed by atoms with Crippen molar-refractivity contribution in [1.82, 2.24) is 4.57 Å². The van der Waals surface area contributed by atoms with Gasteiger partial charge in [-0.25, -0.2) is 9.59 Å². The lowest BCUT2D eigenvalue weighted by molar-refractivity contribution is 0.299. The van der Waals surface area contributed by atoms with Gasteiger partial charge in [-0.05, 0) is 84.4 Å². The number of hydrogen-bond donors (Lipinski definition) is 0. The van der Waals surface area contributed by atoms with Crippen LogP contribution >= 0.6 is 15.9 Å². The van der Waals surface area contributed by atoms with E-state index in [1.165, 1.54) is 10.1 Å². The molecule has 0 spiro atoms. The molecule has 0 aliphatic rings. The van der Waals surface area contributed by atoms with Gasteiger partial charge in [0.15, 0.2) is 0 Å². The second-order valence-corrected chi connectivity index (χ2v) is 7.56. The van der Waals surface area contributed by atoms with E-state index in [9.17, 15) is 9.59 Å². The highest BCUT2D eigenvalue weighted by Crippen LogP contribution is 2.23. The van der Waals surface area contributed by atoms with Gasteiger partial charge < -0.3 is 9.15 Å². The highest BCUT2D eigenvalue weighted by Gasteiger charge is 2.13. The molecule has 0 unspecified atom stereocenters. The third-order valence-corrected chi connectivity index (χ3v) is 5.29.